The number of rotatable bonds is 14. The van der Waals surface area contributed by atoms with Crippen LogP contribution in [0.25, 0.3) is 117 Å². The number of aryl methyl sites for hydroxylation is 6. The topological polar surface area (TPSA) is 35.9 Å². The third kappa shape index (κ3) is 12.2. The molecular formula is C94H77BiN4O. The summed E-state index contributed by atoms with van der Waals surface area (Å²) in [4.78, 5) is 5.06. The number of para-hydroxylation sites is 4. The summed E-state index contributed by atoms with van der Waals surface area (Å²) in [5, 5.41) is 2.30. The van der Waals surface area contributed by atoms with Crippen LogP contribution in [0.4, 0.5) is 0 Å². The van der Waals surface area contributed by atoms with Crippen molar-refractivity contribution in [1.29, 1.82) is 0 Å². The molecule has 0 saturated carbocycles. The van der Waals surface area contributed by atoms with E-state index in [0.717, 1.165) is 128 Å². The van der Waals surface area contributed by atoms with E-state index in [1.54, 1.807) is 0 Å². The van der Waals surface area contributed by atoms with E-state index in [1.807, 2.05) is 6.20 Å². The molecule has 0 aliphatic rings. The number of hydrogen-bond acceptors (Lipinski definition) is 2. The Bertz CT molecular complexity index is 5440. The van der Waals surface area contributed by atoms with Crippen molar-refractivity contribution < 1.29 is 9.30 Å². The standard InChI is InChI=1S/C76H55N4O.2C9H11.Bi/c1-76(2,3)62-40-41-77-74(48-62)80-70-35-17-16-32-68(70)69-39-38-65(50-73(69)80)81-64-31-20-30-63(49-64)78-51-79(72-37-19-18-36-71(72)78)75-66(60-44-56(52-22-8-4-9-23-52)42-57(45-60)53-24-10-5-11-25-53)33-21-34-67(75)61-46-58(54-26-12-6-13-27-54)43-59(47-61)55-28-14-7-15-29-55;2*1-7-4-8(2)6-9(3)5-7;/h4-19,21-50H,1-3H3;2*4-5H,1-3H3;. The normalized spacial score (nSPS) is 11.7. The molecule has 0 amide bonds. The Morgan fingerprint density at radius 1 is 0.380 bits per heavy atom. The Hall–Kier alpha value is -11.0. The average molecular weight is 1490 g/mol. The zero-order valence-corrected chi connectivity index (χ0v) is 61.5. The van der Waals surface area contributed by atoms with E-state index in [1.165, 1.54) is 48.8 Å². The van der Waals surface area contributed by atoms with Crippen molar-refractivity contribution in [3.63, 3.8) is 0 Å². The maximum atomic E-state index is 7.55. The minimum atomic E-state index is -3.42. The van der Waals surface area contributed by atoms with Gasteiger partial charge in [0.15, 0.2) is 0 Å². The van der Waals surface area contributed by atoms with Gasteiger partial charge in [0.05, 0.1) is 0 Å². The van der Waals surface area contributed by atoms with Crippen LogP contribution in [-0.4, -0.2) is 35.9 Å². The number of pyridine rings is 1. The molecule has 0 atom stereocenters. The average Bonchev–Trinajstić information content (AvgIpc) is 1.45. The van der Waals surface area contributed by atoms with Gasteiger partial charge in [-0.3, -0.25) is 0 Å². The maximum absolute atomic E-state index is 7.55. The molecule has 0 spiro atoms. The van der Waals surface area contributed by atoms with Gasteiger partial charge in [-0.2, -0.15) is 0 Å². The van der Waals surface area contributed by atoms with Crippen LogP contribution in [0.5, 0.6) is 11.5 Å². The van der Waals surface area contributed by atoms with Crippen molar-refractivity contribution in [1.82, 2.24) is 14.1 Å². The van der Waals surface area contributed by atoms with Crippen molar-refractivity contribution in [3.05, 3.63) is 349 Å². The zero-order chi connectivity index (χ0) is 68.3. The Morgan fingerprint density at radius 3 is 1.35 bits per heavy atom. The number of nitrogens with zero attached hydrogens (tertiary/aromatic N) is 4. The van der Waals surface area contributed by atoms with E-state index in [2.05, 4.69) is 380 Å². The molecule has 13 aromatic carbocycles. The van der Waals surface area contributed by atoms with Gasteiger partial charge in [-0.15, -0.1) is 0 Å². The Kier molecular flexibility index (Phi) is 16.8. The number of ether oxygens (including phenoxy) is 1. The predicted molar refractivity (Wildman–Crippen MR) is 420 cm³/mol. The van der Waals surface area contributed by atoms with Crippen molar-refractivity contribution in [2.45, 2.75) is 67.7 Å². The fourth-order valence-corrected chi connectivity index (χ4v) is 26.5. The molecule has 100 heavy (non-hydrogen) atoms. The van der Waals surface area contributed by atoms with E-state index in [9.17, 15) is 0 Å². The summed E-state index contributed by atoms with van der Waals surface area (Å²) in [6, 6.07) is 109. The monoisotopic (exact) mass is 1490 g/mol. The molecule has 16 aromatic rings. The van der Waals surface area contributed by atoms with Crippen molar-refractivity contribution in [3.8, 4) is 95.5 Å². The second-order valence-electron chi connectivity index (χ2n) is 27.8. The summed E-state index contributed by atoms with van der Waals surface area (Å²) in [5.41, 5.74) is 28.6. The van der Waals surface area contributed by atoms with Gasteiger partial charge in [-0.25, -0.2) is 0 Å². The number of hydrogen-bond donors (Lipinski definition) is 0. The van der Waals surface area contributed by atoms with Crippen molar-refractivity contribution >= 4 is 64.4 Å². The first kappa shape index (κ1) is 63.7. The van der Waals surface area contributed by atoms with Crippen molar-refractivity contribution in [2.24, 2.45) is 0 Å². The zero-order valence-electron chi connectivity index (χ0n) is 58.0. The van der Waals surface area contributed by atoms with Gasteiger partial charge in [0.1, 0.15) is 0 Å². The number of benzene rings is 13. The van der Waals surface area contributed by atoms with Gasteiger partial charge >= 0.3 is 458 Å². The third-order valence-electron chi connectivity index (χ3n) is 19.6. The molecule has 3 heterocycles. The minimum absolute atomic E-state index is 0.0724. The van der Waals surface area contributed by atoms with Gasteiger partial charge < -0.3 is 0 Å². The SMILES string of the molecule is Cc1cc(C)[c]([Bi]([c]2cc(Oc3ccc4c5ccccc5n(-c5cc(C(C)(C)C)ccn5)c4c3)cc(-n3[c-][n+](-c4c(-c5cc(-c6ccccc6)cc(-c6ccccc6)c5)cccc4-c4cc(-c5ccccc5)cc(-c5ccccc5)c4)c4ccccc43)c2)[c]2c(C)cc(C)cc2C)c(C)c1. The summed E-state index contributed by atoms with van der Waals surface area (Å²) in [6.07, 6.45) is 6.14. The summed E-state index contributed by atoms with van der Waals surface area (Å²) in [5.74, 6) is 2.36. The quantitative estimate of drug-likeness (QED) is 0.0618. The molecule has 484 valence electrons. The van der Waals surface area contributed by atoms with Gasteiger partial charge in [0, 0.05) is 0 Å². The molecule has 0 aliphatic carbocycles. The Morgan fingerprint density at radius 2 is 0.840 bits per heavy atom. The molecule has 0 saturated heterocycles. The number of imidazole rings is 1. The molecule has 0 N–H and O–H groups in total. The molecule has 0 aliphatic heterocycles. The van der Waals surface area contributed by atoms with Crippen LogP contribution in [0.1, 0.15) is 59.7 Å². The van der Waals surface area contributed by atoms with Crippen LogP contribution in [0.15, 0.2) is 303 Å². The summed E-state index contributed by atoms with van der Waals surface area (Å²) >= 11 is -3.42. The van der Waals surface area contributed by atoms with Crippen LogP contribution < -0.4 is 19.1 Å². The molecule has 0 unspecified atom stereocenters. The molecule has 0 fully saturated rings. The van der Waals surface area contributed by atoms with Gasteiger partial charge in [-0.05, 0) is 0 Å². The third-order valence-corrected chi connectivity index (χ3v) is 31.5. The summed E-state index contributed by atoms with van der Waals surface area (Å²) < 4.78 is 18.8. The molecule has 5 nitrogen and oxygen atoms in total. The second kappa shape index (κ2) is 26.3. The Labute approximate surface area is 595 Å². The van der Waals surface area contributed by atoms with Gasteiger partial charge in [-0.1, -0.05) is 142 Å². The predicted octanol–water partition coefficient (Wildman–Crippen LogP) is 21.7. The van der Waals surface area contributed by atoms with E-state index >= 15 is 0 Å². The van der Waals surface area contributed by atoms with E-state index in [4.69, 9.17) is 9.72 Å². The van der Waals surface area contributed by atoms with Crippen LogP contribution in [0.2, 0.25) is 0 Å². The Balaban J connectivity index is 0.969. The molecule has 6 heteroatoms. The van der Waals surface area contributed by atoms with Crippen LogP contribution >= 0.6 is 0 Å². The van der Waals surface area contributed by atoms with Gasteiger partial charge in [0.25, 0.3) is 0 Å². The molecule has 0 bridgehead atoms. The van der Waals surface area contributed by atoms with Crippen LogP contribution in [0.3, 0.4) is 0 Å². The van der Waals surface area contributed by atoms with Gasteiger partial charge in [0.2, 0.25) is 0 Å². The first-order valence-corrected chi connectivity index (χ1v) is 39.8. The summed E-state index contributed by atoms with van der Waals surface area (Å²) in [7, 11) is 0. The fourth-order valence-electron chi connectivity index (χ4n) is 15.1. The van der Waals surface area contributed by atoms with Crippen LogP contribution in [0, 0.1) is 47.9 Å². The fraction of sp³-hybridized carbons (Fsp3) is 0.106. The summed E-state index contributed by atoms with van der Waals surface area (Å²) in [6.45, 7) is 20.6. The molecule has 16 rings (SSSR count). The molecule has 0 radical (unpaired) electrons. The number of aromatic nitrogens is 4. The molecule has 3 aromatic heterocycles. The van der Waals surface area contributed by atoms with Crippen LogP contribution in [-0.2, 0) is 5.41 Å². The number of fused-ring (bicyclic) bond motifs is 4. The first-order chi connectivity index (χ1) is 48.6. The first-order valence-electron chi connectivity index (χ1n) is 34.6. The van der Waals surface area contributed by atoms with E-state index in [-0.39, 0.29) is 5.41 Å². The van der Waals surface area contributed by atoms with E-state index < -0.39 is 21.8 Å². The van der Waals surface area contributed by atoms with Crippen molar-refractivity contribution in [2.75, 3.05) is 0 Å². The second-order valence-corrected chi connectivity index (χ2v) is 35.9. The molecular weight excluding hydrogens is 1410 g/mol. The van der Waals surface area contributed by atoms with E-state index in [0.29, 0.717) is 0 Å².